The quantitative estimate of drug-likeness (QED) is 0.280. The van der Waals surface area contributed by atoms with Crippen LogP contribution in [-0.4, -0.2) is 79.9 Å². The topological polar surface area (TPSA) is 158 Å². The summed E-state index contributed by atoms with van der Waals surface area (Å²) in [5, 5.41) is 0. The van der Waals surface area contributed by atoms with Crippen molar-refractivity contribution >= 4 is 35.4 Å². The number of carbonyl (C=O) groups is 6. The summed E-state index contributed by atoms with van der Waals surface area (Å²) in [5.41, 5.74) is 1.11. The van der Waals surface area contributed by atoms with Crippen LogP contribution >= 0.6 is 0 Å². The van der Waals surface area contributed by atoms with Crippen molar-refractivity contribution in [2.75, 3.05) is 13.7 Å². The monoisotopic (exact) mass is 646 g/mol. The molecule has 12 heteroatoms. The Morgan fingerprint density at radius 3 is 2.13 bits per heavy atom. The number of carbonyl (C=O) groups excluding carboxylic acids is 6. The number of Topliss-reactive ketones (excluding diaryl/α,β-unsaturated/α-hetero) is 1. The summed E-state index contributed by atoms with van der Waals surface area (Å²) in [7, 11) is 1.11. The molecule has 3 saturated carbocycles. The fraction of sp³-hybridized carbons (Fsp3) is 0.765. The molecular weight excluding hydrogens is 600 g/mol. The predicted octanol–water partition coefficient (Wildman–Crippen LogP) is 3.41. The summed E-state index contributed by atoms with van der Waals surface area (Å²) in [6.45, 7) is 7.50. The van der Waals surface area contributed by atoms with Crippen molar-refractivity contribution in [1.29, 1.82) is 0 Å². The maximum absolute atomic E-state index is 13.9. The molecule has 0 N–H and O–H groups in total. The fourth-order valence-corrected chi connectivity index (χ4v) is 9.57. The zero-order valence-electron chi connectivity index (χ0n) is 27.5. The lowest BCUT2D eigenvalue weighted by Crippen LogP contribution is -2.64. The van der Waals surface area contributed by atoms with E-state index >= 15 is 0 Å². The molecule has 4 fully saturated rings. The SMILES string of the molecule is COC(=O)[C@@H]1O[C@H](OCC(=O)C2CCC3C4CCC5=CC(=O)CCC5(C)C4CCC23C)[C@@H](OC(C)=O)[C@H](OC(C)=O)[C@H]1OC(C)=O. The smallest absolute Gasteiger partial charge is 0.339 e. The van der Waals surface area contributed by atoms with Gasteiger partial charge >= 0.3 is 23.9 Å². The van der Waals surface area contributed by atoms with Crippen LogP contribution in [0.3, 0.4) is 0 Å². The first-order valence-electron chi connectivity index (χ1n) is 16.3. The minimum atomic E-state index is -1.59. The molecule has 5 aliphatic rings. The lowest BCUT2D eigenvalue weighted by atomic mass is 9.46. The lowest BCUT2D eigenvalue weighted by molar-refractivity contribution is -0.300. The average Bonchev–Trinajstić information content (AvgIpc) is 3.34. The summed E-state index contributed by atoms with van der Waals surface area (Å²) >= 11 is 0. The van der Waals surface area contributed by atoms with Crippen molar-refractivity contribution < 1.29 is 57.2 Å². The molecule has 4 aliphatic carbocycles. The Morgan fingerprint density at radius 2 is 1.48 bits per heavy atom. The van der Waals surface area contributed by atoms with Crippen LogP contribution in [0.1, 0.15) is 86.0 Å². The number of esters is 4. The standard InChI is InChI=1S/C34H46O12/c1-17(35)43-27-28(44-18(2)36)30(45-19(3)37)32(46-29(27)31(40)41-6)42-16-26(39)25-10-9-23-22-8-7-20-15-21(38)11-13-33(20,4)24(22)12-14-34(23,25)5/h15,22-25,27-30,32H,7-14,16H2,1-6H3/t22?,23?,24?,25?,27-,28-,29-,30+,32+,33?,34?/m1/s1. The highest BCUT2D eigenvalue weighted by Gasteiger charge is 2.60. The highest BCUT2D eigenvalue weighted by atomic mass is 16.7. The van der Waals surface area contributed by atoms with Crippen LogP contribution in [0.4, 0.5) is 0 Å². The minimum Gasteiger partial charge on any atom is -0.467 e. The van der Waals surface area contributed by atoms with Gasteiger partial charge in [0, 0.05) is 33.1 Å². The van der Waals surface area contributed by atoms with E-state index in [4.69, 9.17) is 28.4 Å². The van der Waals surface area contributed by atoms with Crippen LogP contribution in [-0.2, 0) is 57.2 Å². The highest BCUT2D eigenvalue weighted by molar-refractivity contribution is 5.91. The fourth-order valence-electron chi connectivity index (χ4n) is 9.57. The number of fused-ring (bicyclic) bond motifs is 5. The Bertz CT molecular complexity index is 1300. The third-order valence-electron chi connectivity index (χ3n) is 11.6. The van der Waals surface area contributed by atoms with Gasteiger partial charge < -0.3 is 28.4 Å². The van der Waals surface area contributed by atoms with Crippen LogP contribution in [0.15, 0.2) is 11.6 Å². The highest BCUT2D eigenvalue weighted by Crippen LogP contribution is 2.66. The molecule has 46 heavy (non-hydrogen) atoms. The van der Waals surface area contributed by atoms with Gasteiger partial charge in [-0.2, -0.15) is 0 Å². The van der Waals surface area contributed by atoms with Crippen molar-refractivity contribution in [3.63, 3.8) is 0 Å². The molecule has 6 unspecified atom stereocenters. The van der Waals surface area contributed by atoms with E-state index in [0.29, 0.717) is 24.2 Å². The van der Waals surface area contributed by atoms with Gasteiger partial charge in [-0.3, -0.25) is 24.0 Å². The number of methoxy groups -OCH3 is 1. The van der Waals surface area contributed by atoms with Gasteiger partial charge in [0.1, 0.15) is 6.61 Å². The van der Waals surface area contributed by atoms with E-state index < -0.39 is 61.2 Å². The summed E-state index contributed by atoms with van der Waals surface area (Å²) in [5.74, 6) is -2.12. The second kappa shape index (κ2) is 13.2. The predicted molar refractivity (Wildman–Crippen MR) is 158 cm³/mol. The summed E-state index contributed by atoms with van der Waals surface area (Å²) in [6.07, 6.45) is 1.34. The summed E-state index contributed by atoms with van der Waals surface area (Å²) in [6, 6.07) is 0. The number of hydrogen-bond acceptors (Lipinski definition) is 12. The van der Waals surface area contributed by atoms with Gasteiger partial charge in [-0.15, -0.1) is 0 Å². The number of allylic oxidation sites excluding steroid dienone is 1. The third-order valence-corrected chi connectivity index (χ3v) is 11.6. The lowest BCUT2D eigenvalue weighted by Gasteiger charge is -2.58. The number of hydrogen-bond donors (Lipinski definition) is 0. The van der Waals surface area contributed by atoms with Crippen LogP contribution in [0.25, 0.3) is 0 Å². The zero-order valence-corrected chi connectivity index (χ0v) is 27.5. The van der Waals surface area contributed by atoms with E-state index in [-0.39, 0.29) is 28.3 Å². The second-order valence-corrected chi connectivity index (χ2v) is 14.1. The molecule has 1 heterocycles. The molecule has 0 spiro atoms. The molecule has 0 radical (unpaired) electrons. The third kappa shape index (κ3) is 6.26. The van der Waals surface area contributed by atoms with Gasteiger partial charge in [0.2, 0.25) is 0 Å². The van der Waals surface area contributed by atoms with Crippen LogP contribution in [0.2, 0.25) is 0 Å². The van der Waals surface area contributed by atoms with Crippen molar-refractivity contribution in [2.24, 2.45) is 34.5 Å². The molecule has 5 rings (SSSR count). The molecule has 0 aromatic carbocycles. The van der Waals surface area contributed by atoms with E-state index in [1.807, 2.05) is 6.08 Å². The number of ketones is 2. The van der Waals surface area contributed by atoms with Gasteiger partial charge in [-0.25, -0.2) is 4.79 Å². The zero-order chi connectivity index (χ0) is 33.6. The molecule has 0 aromatic rings. The van der Waals surface area contributed by atoms with Gasteiger partial charge in [0.05, 0.1) is 7.11 Å². The Morgan fingerprint density at radius 1 is 0.826 bits per heavy atom. The van der Waals surface area contributed by atoms with Crippen molar-refractivity contribution in [2.45, 2.75) is 117 Å². The van der Waals surface area contributed by atoms with Crippen LogP contribution in [0.5, 0.6) is 0 Å². The largest absolute Gasteiger partial charge is 0.467 e. The molecule has 0 bridgehead atoms. The molecule has 254 valence electrons. The Labute approximate surface area is 269 Å². The molecule has 1 saturated heterocycles. The molecule has 0 aromatic heterocycles. The molecule has 12 nitrogen and oxygen atoms in total. The maximum Gasteiger partial charge on any atom is 0.339 e. The molecular formula is C34H46O12. The first kappa shape index (κ1) is 34.2. The number of ether oxygens (including phenoxy) is 6. The Kier molecular flexibility index (Phi) is 9.80. The molecule has 11 atom stereocenters. The molecule has 1 aliphatic heterocycles. The van der Waals surface area contributed by atoms with Gasteiger partial charge in [-0.1, -0.05) is 19.4 Å². The van der Waals surface area contributed by atoms with Crippen LogP contribution in [0, 0.1) is 34.5 Å². The van der Waals surface area contributed by atoms with Crippen molar-refractivity contribution in [3.8, 4) is 0 Å². The molecule has 0 amide bonds. The minimum absolute atomic E-state index is 0.0338. The van der Waals surface area contributed by atoms with Gasteiger partial charge in [0.15, 0.2) is 42.3 Å². The maximum atomic E-state index is 13.9. The average molecular weight is 647 g/mol. The van der Waals surface area contributed by atoms with Gasteiger partial charge in [-0.05, 0) is 79.6 Å². The van der Waals surface area contributed by atoms with E-state index in [0.717, 1.165) is 72.8 Å². The Hall–Kier alpha value is -3.12. The van der Waals surface area contributed by atoms with E-state index in [1.165, 1.54) is 5.57 Å². The van der Waals surface area contributed by atoms with E-state index in [1.54, 1.807) is 0 Å². The van der Waals surface area contributed by atoms with E-state index in [9.17, 15) is 28.8 Å². The first-order chi connectivity index (χ1) is 21.7. The van der Waals surface area contributed by atoms with E-state index in [2.05, 4.69) is 13.8 Å². The Balaban J connectivity index is 1.33. The van der Waals surface area contributed by atoms with Crippen LogP contribution < -0.4 is 0 Å². The number of rotatable bonds is 8. The summed E-state index contributed by atoms with van der Waals surface area (Å²) in [4.78, 5) is 75.0. The normalized spacial score (nSPS) is 39.9. The van der Waals surface area contributed by atoms with Crippen molar-refractivity contribution in [3.05, 3.63) is 11.6 Å². The first-order valence-corrected chi connectivity index (χ1v) is 16.3. The second-order valence-electron chi connectivity index (χ2n) is 14.1. The van der Waals surface area contributed by atoms with Crippen molar-refractivity contribution in [1.82, 2.24) is 0 Å². The summed E-state index contributed by atoms with van der Waals surface area (Å²) < 4.78 is 32.8. The van der Waals surface area contributed by atoms with Gasteiger partial charge in [0.25, 0.3) is 0 Å².